The zero-order chi connectivity index (χ0) is 15.8. The van der Waals surface area contributed by atoms with E-state index in [-0.39, 0.29) is 11.8 Å². The van der Waals surface area contributed by atoms with E-state index in [2.05, 4.69) is 5.32 Å². The van der Waals surface area contributed by atoms with Crippen LogP contribution in [0.2, 0.25) is 0 Å². The number of sulfone groups is 1. The summed E-state index contributed by atoms with van der Waals surface area (Å²) in [6.45, 7) is 5.25. The van der Waals surface area contributed by atoms with Gasteiger partial charge in [0, 0.05) is 18.0 Å². The van der Waals surface area contributed by atoms with Crippen molar-refractivity contribution >= 4 is 9.84 Å². The van der Waals surface area contributed by atoms with Crippen molar-refractivity contribution in [3.63, 3.8) is 0 Å². The van der Waals surface area contributed by atoms with Crippen molar-refractivity contribution < 1.29 is 17.2 Å². The summed E-state index contributed by atoms with van der Waals surface area (Å²) in [4.78, 5) is 0.409. The Bertz CT molecular complexity index is 627. The fourth-order valence-electron chi connectivity index (χ4n) is 2.32. The van der Waals surface area contributed by atoms with Gasteiger partial charge in [-0.2, -0.15) is 0 Å². The molecule has 0 radical (unpaired) electrons. The molecule has 0 fully saturated rings. The molecule has 0 saturated heterocycles. The van der Waals surface area contributed by atoms with Crippen molar-refractivity contribution in [3.05, 3.63) is 29.3 Å². The van der Waals surface area contributed by atoms with Gasteiger partial charge in [0.2, 0.25) is 6.43 Å². The zero-order valence-corrected chi connectivity index (χ0v) is 13.3. The van der Waals surface area contributed by atoms with Gasteiger partial charge in [-0.3, -0.25) is 0 Å². The molecule has 0 spiro atoms. The maximum Gasteiger partial charge on any atom is 0.245 e. The molecule has 3 nitrogen and oxygen atoms in total. The Morgan fingerprint density at radius 2 is 2.00 bits per heavy atom. The quantitative estimate of drug-likeness (QED) is 0.908. The topological polar surface area (TPSA) is 46.2 Å². The van der Waals surface area contributed by atoms with Gasteiger partial charge in [0.05, 0.1) is 10.6 Å². The predicted molar refractivity (Wildman–Crippen MR) is 78.3 cm³/mol. The first-order valence-corrected chi connectivity index (χ1v) is 8.66. The standard InChI is InChI=1S/C15H21F2NO2S/c1-10(15(2,3)14(16)17)18-9-11-4-5-13-12(8-11)6-7-21(13,19)20/h4-5,8,10,14,18H,6-7,9H2,1-3H3. The third kappa shape index (κ3) is 3.26. The van der Waals surface area contributed by atoms with E-state index in [1.165, 1.54) is 13.8 Å². The highest BCUT2D eigenvalue weighted by molar-refractivity contribution is 7.91. The van der Waals surface area contributed by atoms with Gasteiger partial charge < -0.3 is 5.32 Å². The van der Waals surface area contributed by atoms with E-state index in [4.69, 9.17) is 0 Å². The molecule has 6 heteroatoms. The number of nitrogens with one attached hydrogen (secondary N) is 1. The molecular formula is C15H21F2NO2S. The van der Waals surface area contributed by atoms with Crippen LogP contribution in [0, 0.1) is 5.41 Å². The Morgan fingerprint density at radius 3 is 2.62 bits per heavy atom. The smallest absolute Gasteiger partial charge is 0.245 e. The van der Waals surface area contributed by atoms with Crippen LogP contribution >= 0.6 is 0 Å². The second-order valence-corrected chi connectivity index (χ2v) is 8.31. The van der Waals surface area contributed by atoms with Crippen LogP contribution in [0.4, 0.5) is 8.78 Å². The molecule has 1 N–H and O–H groups in total. The molecule has 1 unspecified atom stereocenters. The molecule has 0 saturated carbocycles. The highest BCUT2D eigenvalue weighted by Gasteiger charge is 2.35. The molecule has 21 heavy (non-hydrogen) atoms. The molecule has 1 aromatic carbocycles. The summed E-state index contributed by atoms with van der Waals surface area (Å²) in [5.41, 5.74) is 0.637. The molecule has 0 amide bonds. The maximum absolute atomic E-state index is 12.9. The van der Waals surface area contributed by atoms with Crippen molar-refractivity contribution in [2.75, 3.05) is 5.75 Å². The Kier molecular flexibility index (Phi) is 4.40. The van der Waals surface area contributed by atoms with Gasteiger partial charge in [-0.15, -0.1) is 0 Å². The van der Waals surface area contributed by atoms with Crippen molar-refractivity contribution in [3.8, 4) is 0 Å². The lowest BCUT2D eigenvalue weighted by Gasteiger charge is -2.31. The van der Waals surface area contributed by atoms with Crippen LogP contribution in [0.1, 0.15) is 31.9 Å². The number of halogens is 2. The summed E-state index contributed by atoms with van der Waals surface area (Å²) < 4.78 is 49.4. The third-order valence-corrected chi connectivity index (χ3v) is 6.20. The van der Waals surface area contributed by atoms with Crippen molar-refractivity contribution in [1.29, 1.82) is 0 Å². The highest BCUT2D eigenvalue weighted by Crippen LogP contribution is 2.30. The number of hydrogen-bond donors (Lipinski definition) is 1. The van der Waals surface area contributed by atoms with Crippen LogP contribution in [-0.2, 0) is 22.8 Å². The predicted octanol–water partition coefficient (Wildman–Crippen LogP) is 2.79. The summed E-state index contributed by atoms with van der Waals surface area (Å²) >= 11 is 0. The first-order chi connectivity index (χ1) is 9.64. The van der Waals surface area contributed by atoms with Crippen molar-refractivity contribution in [2.24, 2.45) is 5.41 Å². The van der Waals surface area contributed by atoms with Gasteiger partial charge in [-0.25, -0.2) is 17.2 Å². The van der Waals surface area contributed by atoms with Crippen molar-refractivity contribution in [1.82, 2.24) is 5.32 Å². The van der Waals surface area contributed by atoms with Crippen LogP contribution < -0.4 is 5.32 Å². The van der Waals surface area contributed by atoms with Crippen LogP contribution in [0.15, 0.2) is 23.1 Å². The van der Waals surface area contributed by atoms with Gasteiger partial charge in [0.25, 0.3) is 0 Å². The number of benzene rings is 1. The first-order valence-electron chi connectivity index (χ1n) is 7.00. The monoisotopic (exact) mass is 317 g/mol. The minimum Gasteiger partial charge on any atom is -0.309 e. The van der Waals surface area contributed by atoms with Gasteiger partial charge in [0.1, 0.15) is 0 Å². The summed E-state index contributed by atoms with van der Waals surface area (Å²) in [5.74, 6) is 0.161. The lowest BCUT2D eigenvalue weighted by atomic mass is 9.86. The summed E-state index contributed by atoms with van der Waals surface area (Å²) in [6.07, 6.45) is -1.87. The molecule has 0 aliphatic carbocycles. The summed E-state index contributed by atoms with van der Waals surface area (Å²) in [7, 11) is -3.11. The number of alkyl halides is 2. The molecule has 1 heterocycles. The first kappa shape index (κ1) is 16.4. The lowest BCUT2D eigenvalue weighted by molar-refractivity contribution is -0.00260. The Labute approximate surface area is 124 Å². The SMILES string of the molecule is CC(NCc1ccc2c(c1)CCS2(=O)=O)C(C)(C)C(F)F. The second-order valence-electron chi connectivity index (χ2n) is 6.24. The van der Waals surface area contributed by atoms with Crippen LogP contribution in [-0.4, -0.2) is 26.6 Å². The number of rotatable bonds is 5. The minimum atomic E-state index is -3.11. The van der Waals surface area contributed by atoms with Crippen LogP contribution in [0.3, 0.4) is 0 Å². The number of hydrogen-bond acceptors (Lipinski definition) is 3. The largest absolute Gasteiger partial charge is 0.309 e. The third-order valence-electron chi connectivity index (χ3n) is 4.39. The zero-order valence-electron chi connectivity index (χ0n) is 12.5. The fraction of sp³-hybridized carbons (Fsp3) is 0.600. The average Bonchev–Trinajstić information content (AvgIpc) is 2.71. The van der Waals surface area contributed by atoms with E-state index in [0.717, 1.165) is 11.1 Å². The van der Waals surface area contributed by atoms with Gasteiger partial charge in [-0.1, -0.05) is 26.0 Å². The second kappa shape index (κ2) is 5.65. The maximum atomic E-state index is 12.9. The van der Waals surface area contributed by atoms with Gasteiger partial charge in [0.15, 0.2) is 9.84 Å². The minimum absolute atomic E-state index is 0.161. The van der Waals surface area contributed by atoms with Crippen molar-refractivity contribution in [2.45, 2.75) is 51.1 Å². The fourth-order valence-corrected chi connectivity index (χ4v) is 3.86. The molecule has 1 aromatic rings. The van der Waals surface area contributed by atoms with E-state index >= 15 is 0 Å². The highest BCUT2D eigenvalue weighted by atomic mass is 32.2. The summed E-state index contributed by atoms with van der Waals surface area (Å²) in [5, 5.41) is 3.10. The molecule has 2 rings (SSSR count). The number of fused-ring (bicyclic) bond motifs is 1. The number of aryl methyl sites for hydroxylation is 1. The molecule has 1 aliphatic heterocycles. The van der Waals surface area contributed by atoms with Crippen LogP contribution in [0.5, 0.6) is 0 Å². The van der Waals surface area contributed by atoms with Gasteiger partial charge in [-0.05, 0) is 30.5 Å². The summed E-state index contributed by atoms with van der Waals surface area (Å²) in [6, 6.07) is 4.87. The van der Waals surface area contributed by atoms with E-state index in [1.807, 2.05) is 6.07 Å². The molecular weight excluding hydrogens is 296 g/mol. The molecule has 0 aromatic heterocycles. The average molecular weight is 317 g/mol. The van der Waals surface area contributed by atoms with E-state index < -0.39 is 21.7 Å². The molecule has 118 valence electrons. The van der Waals surface area contributed by atoms with E-state index in [1.54, 1.807) is 19.1 Å². The Hall–Kier alpha value is -1.01. The van der Waals surface area contributed by atoms with Gasteiger partial charge >= 0.3 is 0 Å². The molecule has 1 atom stereocenters. The molecule has 1 aliphatic rings. The lowest BCUT2D eigenvalue weighted by Crippen LogP contribution is -2.43. The van der Waals surface area contributed by atoms with E-state index in [0.29, 0.717) is 17.9 Å². The normalized spacial score (nSPS) is 18.8. The Balaban J connectivity index is 2.06. The molecule has 0 bridgehead atoms. The van der Waals surface area contributed by atoms with Crippen LogP contribution in [0.25, 0.3) is 0 Å². The Morgan fingerprint density at radius 1 is 1.33 bits per heavy atom. The van der Waals surface area contributed by atoms with E-state index in [9.17, 15) is 17.2 Å².